The molecule has 1 rings (SSSR count). The Bertz CT molecular complexity index is 373. The Labute approximate surface area is 96.8 Å². The monoisotopic (exact) mass is 221 g/mol. The number of aliphatic hydroxyl groups excluding tert-OH is 1. The van der Waals surface area contributed by atoms with Crippen LogP contribution in [0.4, 0.5) is 5.69 Å². The second kappa shape index (κ2) is 5.51. The maximum Gasteiger partial charge on any atom is 0.0689 e. The molecule has 0 aliphatic carbocycles. The van der Waals surface area contributed by atoms with E-state index in [0.29, 0.717) is 0 Å². The van der Waals surface area contributed by atoms with E-state index in [4.69, 9.17) is 0 Å². The molecule has 0 saturated heterocycles. The summed E-state index contributed by atoms with van der Waals surface area (Å²) < 4.78 is 0. The zero-order chi connectivity index (χ0) is 12.1. The summed E-state index contributed by atoms with van der Waals surface area (Å²) in [6, 6.07) is 5.95. The number of nitrogens with zero attached hydrogens (tertiary/aromatic N) is 3. The van der Waals surface area contributed by atoms with Gasteiger partial charge < -0.3 is 15.0 Å². The topological polar surface area (TPSA) is 39.1 Å². The first-order valence-electron chi connectivity index (χ1n) is 5.17. The standard InChI is InChI=1S/C12H19N3O/c1-14(2)12-6-5-10(8-13-15(3)4)11(7-12)9-16/h5-8,16H,9H2,1-4H3. The van der Waals surface area contributed by atoms with Gasteiger partial charge in [0.15, 0.2) is 0 Å². The number of hydrogen-bond acceptors (Lipinski definition) is 4. The first kappa shape index (κ1) is 12.5. The van der Waals surface area contributed by atoms with E-state index in [1.165, 1.54) is 0 Å². The molecule has 1 N–H and O–H groups in total. The van der Waals surface area contributed by atoms with Gasteiger partial charge in [0, 0.05) is 39.4 Å². The smallest absolute Gasteiger partial charge is 0.0689 e. The molecule has 0 spiro atoms. The molecule has 0 radical (unpaired) electrons. The lowest BCUT2D eigenvalue weighted by Gasteiger charge is -2.14. The highest BCUT2D eigenvalue weighted by atomic mass is 16.3. The molecule has 0 saturated carbocycles. The van der Waals surface area contributed by atoms with Gasteiger partial charge in [-0.25, -0.2) is 0 Å². The number of benzene rings is 1. The van der Waals surface area contributed by atoms with Crippen LogP contribution >= 0.6 is 0 Å². The minimum atomic E-state index is 0.0243. The van der Waals surface area contributed by atoms with Gasteiger partial charge in [-0.2, -0.15) is 5.10 Å². The first-order valence-corrected chi connectivity index (χ1v) is 5.17. The molecule has 1 aromatic rings. The summed E-state index contributed by atoms with van der Waals surface area (Å²) in [6.45, 7) is 0.0243. The van der Waals surface area contributed by atoms with Crippen LogP contribution in [0.3, 0.4) is 0 Å². The fourth-order valence-corrected chi connectivity index (χ4v) is 1.31. The Morgan fingerprint density at radius 3 is 2.44 bits per heavy atom. The molecule has 4 nitrogen and oxygen atoms in total. The predicted octanol–water partition coefficient (Wildman–Crippen LogP) is 1.14. The summed E-state index contributed by atoms with van der Waals surface area (Å²) in [6.07, 6.45) is 1.75. The third kappa shape index (κ3) is 3.24. The van der Waals surface area contributed by atoms with Crippen LogP contribution in [0.2, 0.25) is 0 Å². The Balaban J connectivity index is 3.02. The van der Waals surface area contributed by atoms with E-state index in [2.05, 4.69) is 5.10 Å². The molecule has 16 heavy (non-hydrogen) atoms. The molecule has 88 valence electrons. The van der Waals surface area contributed by atoms with Crippen molar-refractivity contribution in [2.45, 2.75) is 6.61 Å². The van der Waals surface area contributed by atoms with Crippen molar-refractivity contribution in [3.63, 3.8) is 0 Å². The summed E-state index contributed by atoms with van der Waals surface area (Å²) in [5.41, 5.74) is 2.91. The minimum absolute atomic E-state index is 0.0243. The number of hydrogen-bond donors (Lipinski definition) is 1. The van der Waals surface area contributed by atoms with Crippen molar-refractivity contribution in [3.8, 4) is 0 Å². The predicted molar refractivity (Wildman–Crippen MR) is 68.0 cm³/mol. The zero-order valence-electron chi connectivity index (χ0n) is 10.3. The van der Waals surface area contributed by atoms with E-state index in [0.717, 1.165) is 16.8 Å². The number of rotatable bonds is 4. The van der Waals surface area contributed by atoms with Crippen molar-refractivity contribution in [3.05, 3.63) is 29.3 Å². The van der Waals surface area contributed by atoms with E-state index in [1.54, 1.807) is 11.2 Å². The van der Waals surface area contributed by atoms with Crippen LogP contribution in [0.25, 0.3) is 0 Å². The van der Waals surface area contributed by atoms with Crippen LogP contribution in [-0.4, -0.2) is 44.5 Å². The van der Waals surface area contributed by atoms with Crippen LogP contribution in [0.5, 0.6) is 0 Å². The Hall–Kier alpha value is -1.55. The van der Waals surface area contributed by atoms with Crippen LogP contribution in [0.15, 0.2) is 23.3 Å². The Kier molecular flexibility index (Phi) is 4.31. The van der Waals surface area contributed by atoms with Crippen LogP contribution in [0, 0.1) is 0 Å². The van der Waals surface area contributed by atoms with Crippen LogP contribution in [0.1, 0.15) is 11.1 Å². The Morgan fingerprint density at radius 1 is 1.25 bits per heavy atom. The fourth-order valence-electron chi connectivity index (χ4n) is 1.31. The first-order chi connectivity index (χ1) is 7.54. The van der Waals surface area contributed by atoms with E-state index < -0.39 is 0 Å². The van der Waals surface area contributed by atoms with E-state index >= 15 is 0 Å². The lowest BCUT2D eigenvalue weighted by molar-refractivity contribution is 0.281. The van der Waals surface area contributed by atoms with Gasteiger partial charge in [-0.1, -0.05) is 6.07 Å². The third-order valence-electron chi connectivity index (χ3n) is 2.24. The zero-order valence-corrected chi connectivity index (χ0v) is 10.3. The highest BCUT2D eigenvalue weighted by molar-refractivity contribution is 5.82. The highest BCUT2D eigenvalue weighted by Crippen LogP contribution is 2.17. The normalized spacial score (nSPS) is 10.8. The average molecular weight is 221 g/mol. The highest BCUT2D eigenvalue weighted by Gasteiger charge is 2.02. The summed E-state index contributed by atoms with van der Waals surface area (Å²) in [4.78, 5) is 2.01. The molecular weight excluding hydrogens is 202 g/mol. The number of hydrazone groups is 1. The van der Waals surface area contributed by atoms with E-state index in [9.17, 15) is 5.11 Å². The summed E-state index contributed by atoms with van der Waals surface area (Å²) in [5.74, 6) is 0. The number of anilines is 1. The molecule has 4 heteroatoms. The van der Waals surface area contributed by atoms with E-state index in [1.807, 2.05) is 51.3 Å². The lowest BCUT2D eigenvalue weighted by Crippen LogP contribution is -2.10. The molecule has 0 aliphatic heterocycles. The molecule has 1 aromatic carbocycles. The summed E-state index contributed by atoms with van der Waals surface area (Å²) in [5, 5.41) is 15.2. The van der Waals surface area contributed by atoms with Gasteiger partial charge in [-0.3, -0.25) is 0 Å². The molecule has 0 fully saturated rings. The third-order valence-corrected chi connectivity index (χ3v) is 2.24. The van der Waals surface area contributed by atoms with Gasteiger partial charge in [-0.05, 0) is 17.7 Å². The SMILES string of the molecule is CN(C)N=Cc1ccc(N(C)C)cc1CO. The average Bonchev–Trinajstić information content (AvgIpc) is 2.25. The maximum absolute atomic E-state index is 9.30. The molecule has 0 amide bonds. The van der Waals surface area contributed by atoms with Gasteiger partial charge in [0.1, 0.15) is 0 Å². The van der Waals surface area contributed by atoms with Crippen molar-refractivity contribution in [1.82, 2.24) is 5.01 Å². The van der Waals surface area contributed by atoms with Gasteiger partial charge >= 0.3 is 0 Å². The molecule has 0 heterocycles. The molecule has 0 aromatic heterocycles. The van der Waals surface area contributed by atoms with Gasteiger partial charge in [-0.15, -0.1) is 0 Å². The second-order valence-corrected chi connectivity index (χ2v) is 4.03. The minimum Gasteiger partial charge on any atom is -0.392 e. The van der Waals surface area contributed by atoms with Crippen molar-refractivity contribution in [1.29, 1.82) is 0 Å². The second-order valence-electron chi connectivity index (χ2n) is 4.03. The van der Waals surface area contributed by atoms with Gasteiger partial charge in [0.05, 0.1) is 12.8 Å². The van der Waals surface area contributed by atoms with Crippen LogP contribution in [-0.2, 0) is 6.61 Å². The largest absolute Gasteiger partial charge is 0.392 e. The van der Waals surface area contributed by atoms with Crippen molar-refractivity contribution >= 4 is 11.9 Å². The molecule has 0 atom stereocenters. The molecule has 0 unspecified atom stereocenters. The van der Waals surface area contributed by atoms with Crippen molar-refractivity contribution in [2.75, 3.05) is 33.1 Å². The quantitative estimate of drug-likeness (QED) is 0.612. The fraction of sp³-hybridized carbons (Fsp3) is 0.417. The van der Waals surface area contributed by atoms with E-state index in [-0.39, 0.29) is 6.61 Å². The molecule has 0 aliphatic rings. The molecular formula is C12H19N3O. The Morgan fingerprint density at radius 2 is 1.94 bits per heavy atom. The lowest BCUT2D eigenvalue weighted by atomic mass is 10.1. The van der Waals surface area contributed by atoms with Gasteiger partial charge in [0.2, 0.25) is 0 Å². The molecule has 0 bridgehead atoms. The number of aliphatic hydroxyl groups is 1. The van der Waals surface area contributed by atoms with Crippen molar-refractivity contribution in [2.24, 2.45) is 5.10 Å². The summed E-state index contributed by atoms with van der Waals surface area (Å²) in [7, 11) is 7.68. The maximum atomic E-state index is 9.30. The van der Waals surface area contributed by atoms with Crippen molar-refractivity contribution < 1.29 is 5.11 Å². The van der Waals surface area contributed by atoms with Gasteiger partial charge in [0.25, 0.3) is 0 Å². The van der Waals surface area contributed by atoms with Crippen LogP contribution < -0.4 is 4.90 Å². The summed E-state index contributed by atoms with van der Waals surface area (Å²) >= 11 is 0.